The minimum atomic E-state index is -0.328. The van der Waals surface area contributed by atoms with Crippen molar-refractivity contribution in [2.24, 2.45) is 4.99 Å². The van der Waals surface area contributed by atoms with E-state index in [9.17, 15) is 9.59 Å². The van der Waals surface area contributed by atoms with Crippen LogP contribution in [0.1, 0.15) is 12.5 Å². The van der Waals surface area contributed by atoms with Gasteiger partial charge >= 0.3 is 0 Å². The van der Waals surface area contributed by atoms with Gasteiger partial charge in [-0.05, 0) is 29.8 Å². The Bertz CT molecular complexity index is 1090. The molecular weight excluding hydrogens is 358 g/mol. The van der Waals surface area contributed by atoms with Crippen LogP contribution in [0.25, 0.3) is 16.3 Å². The SMILES string of the molecule is C=CCn1c(=NC(=O)C=Cc2ccccc2)sc2cc(NC(C)=O)ccc21. The highest BCUT2D eigenvalue weighted by atomic mass is 32.1. The van der Waals surface area contributed by atoms with E-state index in [1.807, 2.05) is 53.1 Å². The summed E-state index contributed by atoms with van der Waals surface area (Å²) < 4.78 is 2.86. The normalized spacial score (nSPS) is 11.8. The molecule has 0 spiro atoms. The largest absolute Gasteiger partial charge is 0.326 e. The highest BCUT2D eigenvalue weighted by Crippen LogP contribution is 2.22. The minimum Gasteiger partial charge on any atom is -0.326 e. The zero-order valence-corrected chi connectivity index (χ0v) is 15.7. The number of hydrogen-bond donors (Lipinski definition) is 1. The van der Waals surface area contributed by atoms with E-state index in [-0.39, 0.29) is 11.8 Å². The number of allylic oxidation sites excluding steroid dienone is 1. The number of nitrogens with zero attached hydrogens (tertiary/aromatic N) is 2. The summed E-state index contributed by atoms with van der Waals surface area (Å²) in [7, 11) is 0. The number of hydrogen-bond acceptors (Lipinski definition) is 3. The molecule has 0 radical (unpaired) electrons. The van der Waals surface area contributed by atoms with Crippen LogP contribution in [0.4, 0.5) is 5.69 Å². The molecule has 136 valence electrons. The average Bonchev–Trinajstić information content (AvgIpc) is 2.97. The van der Waals surface area contributed by atoms with E-state index in [2.05, 4.69) is 16.9 Å². The zero-order valence-electron chi connectivity index (χ0n) is 14.9. The van der Waals surface area contributed by atoms with Crippen molar-refractivity contribution in [1.82, 2.24) is 4.57 Å². The van der Waals surface area contributed by atoms with Crippen LogP contribution < -0.4 is 10.1 Å². The van der Waals surface area contributed by atoms with Crippen molar-refractivity contribution in [2.75, 3.05) is 5.32 Å². The molecule has 0 aliphatic heterocycles. The number of carbonyl (C=O) groups is 2. The van der Waals surface area contributed by atoms with E-state index < -0.39 is 0 Å². The monoisotopic (exact) mass is 377 g/mol. The Morgan fingerprint density at radius 2 is 2.00 bits per heavy atom. The number of amides is 2. The molecule has 0 atom stereocenters. The molecular formula is C21H19N3O2S. The van der Waals surface area contributed by atoms with Gasteiger partial charge in [0.15, 0.2) is 4.80 Å². The molecule has 0 fully saturated rings. The molecule has 3 aromatic rings. The van der Waals surface area contributed by atoms with Gasteiger partial charge in [0, 0.05) is 25.2 Å². The van der Waals surface area contributed by atoms with Crippen LogP contribution in [0, 0.1) is 0 Å². The molecule has 3 rings (SSSR count). The van der Waals surface area contributed by atoms with E-state index in [4.69, 9.17) is 0 Å². The number of nitrogens with one attached hydrogen (secondary N) is 1. The molecule has 1 aromatic heterocycles. The topological polar surface area (TPSA) is 63.5 Å². The van der Waals surface area contributed by atoms with Crippen LogP contribution >= 0.6 is 11.3 Å². The van der Waals surface area contributed by atoms with Gasteiger partial charge in [0.05, 0.1) is 10.2 Å². The number of aromatic nitrogens is 1. The maximum atomic E-state index is 12.3. The standard InChI is InChI=1S/C21H19N3O2S/c1-3-13-24-18-11-10-17(22-15(2)25)14-19(18)27-21(24)23-20(26)12-9-16-7-5-4-6-8-16/h3-12,14H,1,13H2,2H3,(H,22,25). The van der Waals surface area contributed by atoms with Crippen LogP contribution in [-0.4, -0.2) is 16.4 Å². The Labute approximate surface area is 161 Å². The number of carbonyl (C=O) groups excluding carboxylic acids is 2. The Kier molecular flexibility index (Phi) is 5.78. The molecule has 0 unspecified atom stereocenters. The molecule has 0 saturated carbocycles. The highest BCUT2D eigenvalue weighted by Gasteiger charge is 2.08. The summed E-state index contributed by atoms with van der Waals surface area (Å²) in [5, 5.41) is 2.77. The Morgan fingerprint density at radius 1 is 1.22 bits per heavy atom. The fourth-order valence-corrected chi connectivity index (χ4v) is 3.69. The third kappa shape index (κ3) is 4.68. The molecule has 5 nitrogen and oxygen atoms in total. The number of thiazole rings is 1. The van der Waals surface area contributed by atoms with Crippen molar-refractivity contribution in [3.8, 4) is 0 Å². The van der Waals surface area contributed by atoms with Crippen molar-refractivity contribution in [2.45, 2.75) is 13.5 Å². The fourth-order valence-electron chi connectivity index (χ4n) is 2.61. The second kappa shape index (κ2) is 8.42. The predicted molar refractivity (Wildman–Crippen MR) is 110 cm³/mol. The third-order valence-electron chi connectivity index (χ3n) is 3.74. The van der Waals surface area contributed by atoms with E-state index in [0.717, 1.165) is 15.8 Å². The van der Waals surface area contributed by atoms with E-state index in [1.165, 1.54) is 24.3 Å². The van der Waals surface area contributed by atoms with Crippen molar-refractivity contribution < 1.29 is 9.59 Å². The summed E-state index contributed by atoms with van der Waals surface area (Å²) in [5.41, 5.74) is 2.59. The zero-order chi connectivity index (χ0) is 19.2. The van der Waals surface area contributed by atoms with Crippen LogP contribution in [0.3, 0.4) is 0 Å². The first-order valence-electron chi connectivity index (χ1n) is 8.40. The van der Waals surface area contributed by atoms with Gasteiger partial charge < -0.3 is 9.88 Å². The van der Waals surface area contributed by atoms with Gasteiger partial charge in [0.25, 0.3) is 5.91 Å². The molecule has 2 amide bonds. The summed E-state index contributed by atoms with van der Waals surface area (Å²) in [4.78, 5) is 28.4. The molecule has 0 aliphatic carbocycles. The fraction of sp³-hybridized carbons (Fsp3) is 0.0952. The minimum absolute atomic E-state index is 0.129. The molecule has 0 bridgehead atoms. The molecule has 2 aromatic carbocycles. The summed E-state index contributed by atoms with van der Waals surface area (Å²) in [5.74, 6) is -0.457. The van der Waals surface area contributed by atoms with Gasteiger partial charge in [-0.1, -0.05) is 47.7 Å². The predicted octanol–water partition coefficient (Wildman–Crippen LogP) is 3.99. The van der Waals surface area contributed by atoms with E-state index in [0.29, 0.717) is 17.0 Å². The average molecular weight is 377 g/mol. The summed E-state index contributed by atoms with van der Waals surface area (Å²) in [6, 6.07) is 15.2. The van der Waals surface area contributed by atoms with Gasteiger partial charge in [0.2, 0.25) is 5.91 Å². The van der Waals surface area contributed by atoms with Gasteiger partial charge in [-0.15, -0.1) is 6.58 Å². The molecule has 1 heterocycles. The second-order valence-electron chi connectivity index (χ2n) is 5.84. The molecule has 0 aliphatic rings. The van der Waals surface area contributed by atoms with Crippen LogP contribution in [-0.2, 0) is 16.1 Å². The van der Waals surface area contributed by atoms with Crippen molar-refractivity contribution >= 4 is 45.1 Å². The maximum absolute atomic E-state index is 12.3. The molecule has 1 N–H and O–H groups in total. The van der Waals surface area contributed by atoms with Crippen LogP contribution in [0.5, 0.6) is 0 Å². The first kappa shape index (κ1) is 18.5. The first-order valence-corrected chi connectivity index (χ1v) is 9.22. The number of anilines is 1. The van der Waals surface area contributed by atoms with Crippen molar-refractivity contribution in [3.63, 3.8) is 0 Å². The van der Waals surface area contributed by atoms with E-state index in [1.54, 1.807) is 12.2 Å². The lowest BCUT2D eigenvalue weighted by Crippen LogP contribution is -2.15. The summed E-state index contributed by atoms with van der Waals surface area (Å²) in [6.45, 7) is 5.78. The van der Waals surface area contributed by atoms with Gasteiger partial charge in [0.1, 0.15) is 0 Å². The lowest BCUT2D eigenvalue weighted by Gasteiger charge is -2.03. The van der Waals surface area contributed by atoms with Crippen LogP contribution in [0.2, 0.25) is 0 Å². The molecule has 0 saturated heterocycles. The summed E-state index contributed by atoms with van der Waals surface area (Å²) in [6.07, 6.45) is 4.96. The number of fused-ring (bicyclic) bond motifs is 1. The molecule has 27 heavy (non-hydrogen) atoms. The van der Waals surface area contributed by atoms with E-state index >= 15 is 0 Å². The quantitative estimate of drug-likeness (QED) is 0.540. The smallest absolute Gasteiger partial charge is 0.272 e. The maximum Gasteiger partial charge on any atom is 0.272 e. The third-order valence-corrected chi connectivity index (χ3v) is 4.78. The van der Waals surface area contributed by atoms with Gasteiger partial charge in [-0.2, -0.15) is 4.99 Å². The number of benzene rings is 2. The Hall–Kier alpha value is -3.25. The first-order chi connectivity index (χ1) is 13.1. The summed E-state index contributed by atoms with van der Waals surface area (Å²) >= 11 is 1.40. The van der Waals surface area contributed by atoms with Gasteiger partial charge in [-0.25, -0.2) is 0 Å². The van der Waals surface area contributed by atoms with Crippen molar-refractivity contribution in [3.05, 3.63) is 77.6 Å². The van der Waals surface area contributed by atoms with Crippen LogP contribution in [0.15, 0.2) is 72.3 Å². The van der Waals surface area contributed by atoms with Gasteiger partial charge in [-0.3, -0.25) is 9.59 Å². The molecule has 6 heteroatoms. The van der Waals surface area contributed by atoms with Crippen molar-refractivity contribution in [1.29, 1.82) is 0 Å². The lowest BCUT2D eigenvalue weighted by molar-refractivity contribution is -0.114. The Morgan fingerprint density at radius 3 is 2.70 bits per heavy atom. The second-order valence-corrected chi connectivity index (χ2v) is 6.85. The number of rotatable bonds is 5. The highest BCUT2D eigenvalue weighted by molar-refractivity contribution is 7.16. The Balaban J connectivity index is 1.98. The lowest BCUT2D eigenvalue weighted by atomic mass is 10.2.